The molecule has 1 heterocycles. The Kier molecular flexibility index (Phi) is 2.42. The van der Waals surface area contributed by atoms with E-state index in [9.17, 15) is 0 Å². The van der Waals surface area contributed by atoms with E-state index in [0.29, 0.717) is 0 Å². The minimum absolute atomic E-state index is 0.108. The normalized spacial score (nSPS) is 17.1. The van der Waals surface area contributed by atoms with Crippen molar-refractivity contribution in [2.45, 2.75) is 12.8 Å². The van der Waals surface area contributed by atoms with Crippen molar-refractivity contribution in [1.82, 2.24) is 4.98 Å². The van der Waals surface area contributed by atoms with Gasteiger partial charge in [-0.15, -0.1) is 0 Å². The first-order valence-electron chi connectivity index (χ1n) is 4.50. The minimum atomic E-state index is -0.108. The molecule has 0 atom stereocenters. The molecule has 0 saturated heterocycles. The monoisotopic (exact) mass is 251 g/mol. The van der Waals surface area contributed by atoms with Crippen molar-refractivity contribution in [3.63, 3.8) is 0 Å². The second-order valence-electron chi connectivity index (χ2n) is 3.60. The number of anilines is 1. The fourth-order valence-electron chi connectivity index (χ4n) is 1.26. The Balaban J connectivity index is 1.99. The molecule has 0 unspecified atom stereocenters. The summed E-state index contributed by atoms with van der Waals surface area (Å²) < 4.78 is 0.939. The van der Waals surface area contributed by atoms with Crippen LogP contribution >= 0.6 is 15.9 Å². The molecule has 1 aliphatic carbocycles. The maximum absolute atomic E-state index is 8.89. The lowest BCUT2D eigenvalue weighted by atomic mass is 10.1. The van der Waals surface area contributed by atoms with Crippen LogP contribution in [0.25, 0.3) is 0 Å². The second-order valence-corrected chi connectivity index (χ2v) is 4.46. The number of halogens is 1. The largest absolute Gasteiger partial charge is 0.382 e. The SMILES string of the molecule is N#CC1(CNc2ccncc2Br)CC1. The quantitative estimate of drug-likeness (QED) is 0.899. The number of hydrogen-bond acceptors (Lipinski definition) is 3. The van der Waals surface area contributed by atoms with Gasteiger partial charge in [0, 0.05) is 18.9 Å². The van der Waals surface area contributed by atoms with Gasteiger partial charge in [0.25, 0.3) is 0 Å². The first-order chi connectivity index (χ1) is 6.76. The molecular weight excluding hydrogens is 242 g/mol. The number of hydrogen-bond donors (Lipinski definition) is 1. The molecule has 0 aliphatic heterocycles. The van der Waals surface area contributed by atoms with Crippen LogP contribution in [-0.2, 0) is 0 Å². The topological polar surface area (TPSA) is 48.7 Å². The highest BCUT2D eigenvalue weighted by atomic mass is 79.9. The molecule has 1 aliphatic rings. The standard InChI is InChI=1S/C10H10BrN3/c11-8-5-13-4-1-9(8)14-7-10(6-12)2-3-10/h1,4-5H,2-3,7H2,(H,13,14). The van der Waals surface area contributed by atoms with E-state index in [-0.39, 0.29) is 5.41 Å². The van der Waals surface area contributed by atoms with E-state index in [1.807, 2.05) is 6.07 Å². The molecule has 1 saturated carbocycles. The van der Waals surface area contributed by atoms with Crippen molar-refractivity contribution in [1.29, 1.82) is 5.26 Å². The van der Waals surface area contributed by atoms with Crippen molar-refractivity contribution in [2.75, 3.05) is 11.9 Å². The third-order valence-corrected chi connectivity index (χ3v) is 3.11. The van der Waals surface area contributed by atoms with Gasteiger partial charge in [-0.25, -0.2) is 0 Å². The summed E-state index contributed by atoms with van der Waals surface area (Å²) in [5.74, 6) is 0. The van der Waals surface area contributed by atoms with Gasteiger partial charge in [0.05, 0.1) is 21.6 Å². The molecule has 0 amide bonds. The number of rotatable bonds is 3. The van der Waals surface area contributed by atoms with Gasteiger partial charge < -0.3 is 5.32 Å². The average Bonchev–Trinajstić information content (AvgIpc) is 2.98. The predicted octanol–water partition coefficient (Wildman–Crippen LogP) is 2.56. The van der Waals surface area contributed by atoms with Crippen LogP contribution in [0.3, 0.4) is 0 Å². The Labute approximate surface area is 91.3 Å². The molecule has 3 nitrogen and oxygen atoms in total. The summed E-state index contributed by atoms with van der Waals surface area (Å²) >= 11 is 3.40. The molecule has 0 spiro atoms. The van der Waals surface area contributed by atoms with E-state index in [0.717, 1.165) is 29.5 Å². The fraction of sp³-hybridized carbons (Fsp3) is 0.400. The number of nitrogens with zero attached hydrogens (tertiary/aromatic N) is 2. The average molecular weight is 252 g/mol. The molecule has 2 rings (SSSR count). The number of pyridine rings is 1. The van der Waals surface area contributed by atoms with Crippen LogP contribution in [-0.4, -0.2) is 11.5 Å². The molecule has 0 radical (unpaired) electrons. The first-order valence-corrected chi connectivity index (χ1v) is 5.30. The maximum atomic E-state index is 8.89. The zero-order valence-corrected chi connectivity index (χ0v) is 9.21. The van der Waals surface area contributed by atoms with Gasteiger partial charge in [0.1, 0.15) is 0 Å². The summed E-state index contributed by atoms with van der Waals surface area (Å²) in [7, 11) is 0. The Morgan fingerprint density at radius 1 is 1.64 bits per heavy atom. The number of nitrogens with one attached hydrogen (secondary N) is 1. The zero-order chi connectivity index (χ0) is 10.0. The van der Waals surface area contributed by atoms with E-state index in [1.165, 1.54) is 0 Å². The Bertz CT molecular complexity index is 379. The lowest BCUT2D eigenvalue weighted by molar-refractivity contribution is 0.711. The van der Waals surface area contributed by atoms with Crippen molar-refractivity contribution >= 4 is 21.6 Å². The van der Waals surface area contributed by atoms with E-state index < -0.39 is 0 Å². The molecule has 1 N–H and O–H groups in total. The van der Waals surface area contributed by atoms with Crippen molar-refractivity contribution in [3.8, 4) is 6.07 Å². The third-order valence-electron chi connectivity index (χ3n) is 2.48. The van der Waals surface area contributed by atoms with Crippen molar-refractivity contribution in [2.24, 2.45) is 5.41 Å². The molecule has 14 heavy (non-hydrogen) atoms. The van der Waals surface area contributed by atoms with Gasteiger partial charge in [-0.05, 0) is 34.8 Å². The zero-order valence-electron chi connectivity index (χ0n) is 7.63. The van der Waals surface area contributed by atoms with Crippen LogP contribution in [0.1, 0.15) is 12.8 Å². The maximum Gasteiger partial charge on any atom is 0.0747 e. The fourth-order valence-corrected chi connectivity index (χ4v) is 1.65. The number of aromatic nitrogens is 1. The lowest BCUT2D eigenvalue weighted by Crippen LogP contribution is -2.13. The van der Waals surface area contributed by atoms with Crippen LogP contribution in [0.5, 0.6) is 0 Å². The molecule has 0 aromatic carbocycles. The molecule has 1 aromatic rings. The first kappa shape index (κ1) is 9.47. The summed E-state index contributed by atoms with van der Waals surface area (Å²) in [5.41, 5.74) is 0.893. The van der Waals surface area contributed by atoms with Crippen LogP contribution < -0.4 is 5.32 Å². The molecule has 1 fully saturated rings. The van der Waals surface area contributed by atoms with Crippen LogP contribution in [0.15, 0.2) is 22.9 Å². The lowest BCUT2D eigenvalue weighted by Gasteiger charge is -2.10. The summed E-state index contributed by atoms with van der Waals surface area (Å²) in [6.07, 6.45) is 5.51. The van der Waals surface area contributed by atoms with Crippen LogP contribution in [0.4, 0.5) is 5.69 Å². The van der Waals surface area contributed by atoms with Crippen molar-refractivity contribution < 1.29 is 0 Å². The molecule has 72 valence electrons. The number of nitriles is 1. The summed E-state index contributed by atoms with van der Waals surface area (Å²) in [6.45, 7) is 0.728. The highest BCUT2D eigenvalue weighted by Gasteiger charge is 2.42. The molecule has 1 aromatic heterocycles. The van der Waals surface area contributed by atoms with Crippen molar-refractivity contribution in [3.05, 3.63) is 22.9 Å². The van der Waals surface area contributed by atoms with E-state index in [2.05, 4.69) is 32.3 Å². The minimum Gasteiger partial charge on any atom is -0.382 e. The Morgan fingerprint density at radius 3 is 3.00 bits per heavy atom. The van der Waals surface area contributed by atoms with Gasteiger partial charge in [-0.3, -0.25) is 4.98 Å². The van der Waals surface area contributed by atoms with E-state index in [1.54, 1.807) is 12.4 Å². The third kappa shape index (κ3) is 1.88. The van der Waals surface area contributed by atoms with Gasteiger partial charge in [-0.1, -0.05) is 0 Å². The van der Waals surface area contributed by atoms with E-state index >= 15 is 0 Å². The van der Waals surface area contributed by atoms with Gasteiger partial charge in [0.15, 0.2) is 0 Å². The van der Waals surface area contributed by atoms with Crippen LogP contribution in [0.2, 0.25) is 0 Å². The van der Waals surface area contributed by atoms with Gasteiger partial charge >= 0.3 is 0 Å². The Hall–Kier alpha value is -1.08. The highest BCUT2D eigenvalue weighted by molar-refractivity contribution is 9.10. The highest BCUT2D eigenvalue weighted by Crippen LogP contribution is 2.44. The van der Waals surface area contributed by atoms with Gasteiger partial charge in [-0.2, -0.15) is 5.26 Å². The summed E-state index contributed by atoms with van der Waals surface area (Å²) in [4.78, 5) is 3.97. The molecular formula is C10H10BrN3. The second kappa shape index (κ2) is 3.58. The van der Waals surface area contributed by atoms with Gasteiger partial charge in [0.2, 0.25) is 0 Å². The summed E-state index contributed by atoms with van der Waals surface area (Å²) in [5, 5.41) is 12.1. The molecule has 0 bridgehead atoms. The smallest absolute Gasteiger partial charge is 0.0747 e. The molecule has 4 heteroatoms. The predicted molar refractivity (Wildman–Crippen MR) is 57.7 cm³/mol. The summed E-state index contributed by atoms with van der Waals surface area (Å²) in [6, 6.07) is 4.25. The Morgan fingerprint density at radius 2 is 2.43 bits per heavy atom. The van der Waals surface area contributed by atoms with Crippen LogP contribution in [0, 0.1) is 16.7 Å². The van der Waals surface area contributed by atoms with E-state index in [4.69, 9.17) is 5.26 Å².